The minimum Gasteiger partial charge on any atom is -0.311 e. The first-order valence-electron chi connectivity index (χ1n) is 9.44. The second-order valence-corrected chi connectivity index (χ2v) is 8.76. The molecule has 1 aromatic heterocycles. The summed E-state index contributed by atoms with van der Waals surface area (Å²) in [4.78, 5) is 26.9. The number of carbonyl (C=O) groups is 2. The molecule has 4 rings (SSSR count). The molecule has 0 spiro atoms. The molecule has 9 heteroatoms. The number of nitrogens with zero attached hydrogens (tertiary/aromatic N) is 3. The normalized spacial score (nSPS) is 16.2. The molecule has 1 aliphatic heterocycles. The van der Waals surface area contributed by atoms with Crippen LogP contribution in [0.1, 0.15) is 40.2 Å². The van der Waals surface area contributed by atoms with Crippen molar-refractivity contribution in [1.82, 2.24) is 10.2 Å². The lowest BCUT2D eigenvalue weighted by Crippen LogP contribution is -2.25. The highest BCUT2D eigenvalue weighted by molar-refractivity contribution is 7.15. The molecule has 0 saturated carbocycles. The van der Waals surface area contributed by atoms with Crippen molar-refractivity contribution in [1.29, 1.82) is 0 Å². The molecule has 2 heterocycles. The molecule has 1 atom stereocenters. The number of benzene rings is 2. The van der Waals surface area contributed by atoms with Crippen LogP contribution in [0.15, 0.2) is 42.5 Å². The molecule has 1 N–H and O–H groups in total. The number of carbonyl (C=O) groups excluding carboxylic acids is 2. The number of aromatic nitrogens is 2. The zero-order valence-corrected chi connectivity index (χ0v) is 18.4. The number of para-hydroxylation sites is 1. The standard InChI is InChI=1S/C21H18Cl2N4O2S/c1-2-12-5-3-4-6-17(12)27-11-13(9-18(27)28)20-25-26-21(30-20)24-19(29)15-8-7-14(22)10-16(15)23/h3-8,10,13H,2,9,11H2,1H3,(H,24,26,29). The summed E-state index contributed by atoms with van der Waals surface area (Å²) in [5.41, 5.74) is 2.38. The lowest BCUT2D eigenvalue weighted by molar-refractivity contribution is -0.117. The van der Waals surface area contributed by atoms with Crippen molar-refractivity contribution in [3.63, 3.8) is 0 Å². The Bertz CT molecular complexity index is 1120. The van der Waals surface area contributed by atoms with E-state index in [0.29, 0.717) is 28.7 Å². The quantitative estimate of drug-likeness (QED) is 0.568. The summed E-state index contributed by atoms with van der Waals surface area (Å²) in [5.74, 6) is -0.389. The van der Waals surface area contributed by atoms with E-state index in [2.05, 4.69) is 22.4 Å². The molecule has 6 nitrogen and oxygen atoms in total. The molecule has 2 aromatic carbocycles. The number of amides is 2. The van der Waals surface area contributed by atoms with Crippen LogP contribution < -0.4 is 10.2 Å². The average molecular weight is 461 g/mol. The fraction of sp³-hybridized carbons (Fsp3) is 0.238. The Hall–Kier alpha value is -2.48. The third kappa shape index (κ3) is 4.19. The Kier molecular flexibility index (Phi) is 6.04. The largest absolute Gasteiger partial charge is 0.311 e. The molecular weight excluding hydrogens is 443 g/mol. The molecule has 2 amide bonds. The summed E-state index contributed by atoms with van der Waals surface area (Å²) >= 11 is 13.2. The first kappa shape index (κ1) is 20.8. The molecular formula is C21H18Cl2N4O2S. The van der Waals surface area contributed by atoms with Crippen LogP contribution in [-0.4, -0.2) is 28.6 Å². The molecule has 0 bridgehead atoms. The van der Waals surface area contributed by atoms with E-state index < -0.39 is 0 Å². The summed E-state index contributed by atoms with van der Waals surface area (Å²) in [6.45, 7) is 2.62. The van der Waals surface area contributed by atoms with Gasteiger partial charge in [0.05, 0.1) is 10.6 Å². The maximum Gasteiger partial charge on any atom is 0.259 e. The molecule has 154 valence electrons. The predicted molar refractivity (Wildman–Crippen MR) is 120 cm³/mol. The van der Waals surface area contributed by atoms with E-state index in [9.17, 15) is 9.59 Å². The Labute approximate surface area is 187 Å². The lowest BCUT2D eigenvalue weighted by Gasteiger charge is -2.19. The van der Waals surface area contributed by atoms with Gasteiger partial charge in [-0.25, -0.2) is 0 Å². The van der Waals surface area contributed by atoms with Crippen molar-refractivity contribution in [2.45, 2.75) is 25.7 Å². The van der Waals surface area contributed by atoms with Crippen molar-refractivity contribution in [2.24, 2.45) is 0 Å². The first-order valence-corrected chi connectivity index (χ1v) is 11.0. The van der Waals surface area contributed by atoms with Gasteiger partial charge in [-0.15, -0.1) is 10.2 Å². The SMILES string of the molecule is CCc1ccccc1N1CC(c2nnc(NC(=O)c3ccc(Cl)cc3Cl)s2)CC1=O. The maximum atomic E-state index is 12.6. The number of rotatable bonds is 5. The van der Waals surface area contributed by atoms with Gasteiger partial charge < -0.3 is 4.90 Å². The molecule has 1 saturated heterocycles. The monoisotopic (exact) mass is 460 g/mol. The Morgan fingerprint density at radius 2 is 2.03 bits per heavy atom. The molecule has 1 aliphatic rings. The second kappa shape index (κ2) is 8.71. The average Bonchev–Trinajstić information content (AvgIpc) is 3.34. The van der Waals surface area contributed by atoms with E-state index in [1.54, 1.807) is 12.1 Å². The molecule has 1 fully saturated rings. The fourth-order valence-corrected chi connectivity index (χ4v) is 4.79. The predicted octanol–water partition coefficient (Wildman–Crippen LogP) is 5.18. The summed E-state index contributed by atoms with van der Waals surface area (Å²) in [7, 11) is 0. The van der Waals surface area contributed by atoms with E-state index in [0.717, 1.165) is 22.7 Å². The van der Waals surface area contributed by atoms with Crippen molar-refractivity contribution in [3.8, 4) is 0 Å². The van der Waals surface area contributed by atoms with Crippen molar-refractivity contribution >= 4 is 57.2 Å². The Morgan fingerprint density at radius 3 is 2.80 bits per heavy atom. The zero-order valence-electron chi connectivity index (χ0n) is 16.1. The minimum atomic E-state index is -0.389. The van der Waals surface area contributed by atoms with E-state index in [4.69, 9.17) is 23.2 Å². The van der Waals surface area contributed by atoms with Crippen LogP contribution in [-0.2, 0) is 11.2 Å². The summed E-state index contributed by atoms with van der Waals surface area (Å²) in [5, 5.41) is 12.8. The smallest absolute Gasteiger partial charge is 0.259 e. The number of hydrogen-bond acceptors (Lipinski definition) is 5. The highest BCUT2D eigenvalue weighted by Gasteiger charge is 2.34. The van der Waals surface area contributed by atoms with Crippen LogP contribution in [0.5, 0.6) is 0 Å². The summed E-state index contributed by atoms with van der Waals surface area (Å²) < 4.78 is 0. The van der Waals surface area contributed by atoms with Gasteiger partial charge in [-0.05, 0) is 36.2 Å². The number of hydrogen-bond donors (Lipinski definition) is 1. The second-order valence-electron chi connectivity index (χ2n) is 6.91. The Morgan fingerprint density at radius 1 is 1.23 bits per heavy atom. The molecule has 3 aromatic rings. The van der Waals surface area contributed by atoms with Crippen LogP contribution in [0.2, 0.25) is 10.0 Å². The van der Waals surface area contributed by atoms with Gasteiger partial charge in [0.25, 0.3) is 5.91 Å². The van der Waals surface area contributed by atoms with E-state index in [-0.39, 0.29) is 22.8 Å². The topological polar surface area (TPSA) is 75.2 Å². The van der Waals surface area contributed by atoms with Gasteiger partial charge in [0.2, 0.25) is 11.0 Å². The van der Waals surface area contributed by atoms with E-state index >= 15 is 0 Å². The van der Waals surface area contributed by atoms with Gasteiger partial charge in [0, 0.05) is 29.6 Å². The van der Waals surface area contributed by atoms with Gasteiger partial charge in [0.1, 0.15) is 5.01 Å². The number of nitrogens with one attached hydrogen (secondary N) is 1. The Balaban J connectivity index is 1.48. The minimum absolute atomic E-state index is 0.0645. The van der Waals surface area contributed by atoms with Crippen molar-refractivity contribution in [3.05, 3.63) is 68.6 Å². The molecule has 0 radical (unpaired) electrons. The van der Waals surface area contributed by atoms with Gasteiger partial charge in [-0.1, -0.05) is 59.7 Å². The summed E-state index contributed by atoms with van der Waals surface area (Å²) in [6.07, 6.45) is 1.22. The van der Waals surface area contributed by atoms with Gasteiger partial charge >= 0.3 is 0 Å². The van der Waals surface area contributed by atoms with Crippen LogP contribution in [0.4, 0.5) is 10.8 Å². The molecule has 1 unspecified atom stereocenters. The number of anilines is 2. The van der Waals surface area contributed by atoms with Gasteiger partial charge in [-0.3, -0.25) is 14.9 Å². The highest BCUT2D eigenvalue weighted by Crippen LogP contribution is 2.35. The van der Waals surface area contributed by atoms with Crippen molar-refractivity contribution < 1.29 is 9.59 Å². The number of halogens is 2. The van der Waals surface area contributed by atoms with Gasteiger partial charge in [0.15, 0.2) is 0 Å². The van der Waals surface area contributed by atoms with Crippen LogP contribution in [0, 0.1) is 0 Å². The van der Waals surface area contributed by atoms with Gasteiger partial charge in [-0.2, -0.15) is 0 Å². The van der Waals surface area contributed by atoms with Crippen molar-refractivity contribution in [2.75, 3.05) is 16.8 Å². The third-order valence-electron chi connectivity index (χ3n) is 4.97. The summed E-state index contributed by atoms with van der Waals surface area (Å²) in [6, 6.07) is 12.6. The third-order valence-corrected chi connectivity index (χ3v) is 6.52. The van der Waals surface area contributed by atoms with Crippen LogP contribution in [0.3, 0.4) is 0 Å². The number of aryl methyl sites for hydroxylation is 1. The van der Waals surface area contributed by atoms with E-state index in [1.165, 1.54) is 17.4 Å². The lowest BCUT2D eigenvalue weighted by atomic mass is 10.1. The molecule has 30 heavy (non-hydrogen) atoms. The first-order chi connectivity index (χ1) is 14.5. The fourth-order valence-electron chi connectivity index (χ4n) is 3.47. The maximum absolute atomic E-state index is 12.6. The van der Waals surface area contributed by atoms with E-state index in [1.807, 2.05) is 29.2 Å². The van der Waals surface area contributed by atoms with Crippen LogP contribution in [0.25, 0.3) is 0 Å². The van der Waals surface area contributed by atoms with Crippen LogP contribution >= 0.6 is 34.5 Å². The molecule has 0 aliphatic carbocycles. The zero-order chi connectivity index (χ0) is 21.3. The highest BCUT2D eigenvalue weighted by atomic mass is 35.5.